The molecule has 2 aliphatic rings. The molecule has 0 saturated carbocycles. The van der Waals surface area contributed by atoms with E-state index in [0.29, 0.717) is 13.2 Å². The van der Waals surface area contributed by atoms with E-state index in [1.807, 2.05) is 70.4 Å². The van der Waals surface area contributed by atoms with Crippen LogP contribution in [0.5, 0.6) is 11.5 Å². The van der Waals surface area contributed by atoms with E-state index >= 15 is 0 Å². The van der Waals surface area contributed by atoms with Gasteiger partial charge in [0, 0.05) is 36.6 Å². The Bertz CT molecular complexity index is 995. The minimum absolute atomic E-state index is 0.0729. The van der Waals surface area contributed by atoms with Gasteiger partial charge in [0.25, 0.3) is 5.91 Å². The van der Waals surface area contributed by atoms with Crippen molar-refractivity contribution in [2.24, 2.45) is 0 Å². The zero-order chi connectivity index (χ0) is 19.6. The van der Waals surface area contributed by atoms with Gasteiger partial charge in [0.1, 0.15) is 0 Å². The third-order valence-electron chi connectivity index (χ3n) is 5.69. The van der Waals surface area contributed by atoms with Gasteiger partial charge >= 0.3 is 0 Å². The second kappa shape index (κ2) is 7.66. The van der Waals surface area contributed by atoms with E-state index in [0.717, 1.165) is 54.1 Å². The van der Waals surface area contributed by atoms with Crippen LogP contribution in [-0.4, -0.2) is 35.1 Å². The fourth-order valence-corrected chi connectivity index (χ4v) is 4.19. The third-order valence-corrected chi connectivity index (χ3v) is 5.69. The average molecular weight is 388 g/mol. The van der Waals surface area contributed by atoms with E-state index in [1.165, 1.54) is 0 Å². The van der Waals surface area contributed by atoms with Crippen molar-refractivity contribution in [3.8, 4) is 17.2 Å². The molecule has 0 bridgehead atoms. The monoisotopic (exact) mass is 388 g/mol. The molecule has 29 heavy (non-hydrogen) atoms. The number of benzene rings is 2. The summed E-state index contributed by atoms with van der Waals surface area (Å²) >= 11 is 0. The Morgan fingerprint density at radius 3 is 2.45 bits per heavy atom. The molecule has 5 nitrogen and oxygen atoms in total. The predicted molar refractivity (Wildman–Crippen MR) is 111 cm³/mol. The van der Waals surface area contributed by atoms with E-state index in [1.54, 1.807) is 0 Å². The molecule has 5 heteroatoms. The van der Waals surface area contributed by atoms with Crippen LogP contribution in [0.4, 0.5) is 0 Å². The van der Waals surface area contributed by atoms with Gasteiger partial charge in [-0.15, -0.1) is 0 Å². The first-order valence-electron chi connectivity index (χ1n) is 10.2. The van der Waals surface area contributed by atoms with E-state index in [9.17, 15) is 4.79 Å². The summed E-state index contributed by atoms with van der Waals surface area (Å²) in [6.07, 6.45) is 6.85. The Labute approximate surface area is 170 Å². The van der Waals surface area contributed by atoms with Gasteiger partial charge in [0.05, 0.1) is 19.3 Å². The van der Waals surface area contributed by atoms with Crippen LogP contribution in [0, 0.1) is 0 Å². The van der Waals surface area contributed by atoms with Crippen molar-refractivity contribution < 1.29 is 14.3 Å². The van der Waals surface area contributed by atoms with Crippen LogP contribution in [0.25, 0.3) is 5.69 Å². The van der Waals surface area contributed by atoms with Gasteiger partial charge in [-0.1, -0.05) is 6.07 Å². The standard InChI is InChI=1S/C24H24N2O3/c27-24(18-6-9-20(10-7-18)25-12-1-2-13-25)26-14-3-5-21(26)19-8-11-22-23(17-19)29-16-4-15-28-22/h1-2,6-13,17,21H,3-5,14-16H2/t21-/m0/s1. The molecule has 1 amide bonds. The fraction of sp³-hybridized carbons (Fsp3) is 0.292. The lowest BCUT2D eigenvalue weighted by atomic mass is 10.0. The van der Waals surface area contributed by atoms with Gasteiger partial charge in [0.15, 0.2) is 11.5 Å². The third kappa shape index (κ3) is 3.48. The van der Waals surface area contributed by atoms with Gasteiger partial charge < -0.3 is 18.9 Å². The first kappa shape index (κ1) is 17.9. The second-order valence-electron chi connectivity index (χ2n) is 7.55. The highest BCUT2D eigenvalue weighted by atomic mass is 16.5. The van der Waals surface area contributed by atoms with Gasteiger partial charge in [-0.25, -0.2) is 0 Å². The van der Waals surface area contributed by atoms with Crippen LogP contribution >= 0.6 is 0 Å². The van der Waals surface area contributed by atoms with Gasteiger partial charge in [-0.05, 0) is 66.9 Å². The molecule has 1 fully saturated rings. The topological polar surface area (TPSA) is 43.7 Å². The number of nitrogens with zero attached hydrogens (tertiary/aromatic N) is 2. The number of amides is 1. The van der Waals surface area contributed by atoms with Crippen molar-refractivity contribution in [2.45, 2.75) is 25.3 Å². The maximum Gasteiger partial charge on any atom is 0.254 e. The van der Waals surface area contributed by atoms with Gasteiger partial charge in [-0.2, -0.15) is 0 Å². The zero-order valence-corrected chi connectivity index (χ0v) is 16.3. The minimum atomic E-state index is 0.0729. The predicted octanol–water partition coefficient (Wildman–Crippen LogP) is 4.62. The SMILES string of the molecule is O=C(c1ccc(-n2cccc2)cc1)N1CCC[C@H]1c1ccc2c(c1)OCCCO2. The Balaban J connectivity index is 1.38. The molecule has 0 aliphatic carbocycles. The zero-order valence-electron chi connectivity index (χ0n) is 16.3. The number of hydrogen-bond acceptors (Lipinski definition) is 3. The summed E-state index contributed by atoms with van der Waals surface area (Å²) in [4.78, 5) is 15.2. The molecule has 0 spiro atoms. The first-order chi connectivity index (χ1) is 14.3. The summed E-state index contributed by atoms with van der Waals surface area (Å²) < 4.78 is 13.6. The van der Waals surface area contributed by atoms with Crippen molar-refractivity contribution >= 4 is 5.91 Å². The van der Waals surface area contributed by atoms with Crippen molar-refractivity contribution in [1.82, 2.24) is 9.47 Å². The largest absolute Gasteiger partial charge is 0.490 e. The highest BCUT2D eigenvalue weighted by molar-refractivity contribution is 5.95. The smallest absolute Gasteiger partial charge is 0.254 e. The lowest BCUT2D eigenvalue weighted by molar-refractivity contribution is 0.0735. The molecule has 148 valence electrons. The van der Waals surface area contributed by atoms with Crippen LogP contribution in [0.1, 0.15) is 41.2 Å². The Morgan fingerprint density at radius 1 is 0.897 bits per heavy atom. The molecule has 3 heterocycles. The molecule has 1 aromatic heterocycles. The summed E-state index contributed by atoms with van der Waals surface area (Å²) in [7, 11) is 0. The van der Waals surface area contributed by atoms with Crippen LogP contribution in [-0.2, 0) is 0 Å². The number of hydrogen-bond donors (Lipinski definition) is 0. The highest BCUT2D eigenvalue weighted by Gasteiger charge is 2.31. The number of carbonyl (C=O) groups is 1. The molecule has 1 atom stereocenters. The molecule has 0 radical (unpaired) electrons. The Hall–Kier alpha value is -3.21. The van der Waals surface area contributed by atoms with Gasteiger partial charge in [-0.3, -0.25) is 4.79 Å². The molecule has 1 saturated heterocycles. The summed E-state index contributed by atoms with van der Waals surface area (Å²) in [5.74, 6) is 1.66. The van der Waals surface area contributed by atoms with Crippen LogP contribution in [0.15, 0.2) is 67.0 Å². The van der Waals surface area contributed by atoms with E-state index in [4.69, 9.17) is 9.47 Å². The number of likely N-dealkylation sites (tertiary alicyclic amines) is 1. The molecule has 5 rings (SSSR count). The number of ether oxygens (including phenoxy) is 2. The summed E-state index contributed by atoms with van der Waals surface area (Å²) in [5.41, 5.74) is 2.89. The lowest BCUT2D eigenvalue weighted by Crippen LogP contribution is -2.30. The van der Waals surface area contributed by atoms with E-state index in [2.05, 4.69) is 6.07 Å². The maximum absolute atomic E-state index is 13.2. The number of aromatic nitrogens is 1. The van der Waals surface area contributed by atoms with Crippen molar-refractivity contribution in [1.29, 1.82) is 0 Å². The molecule has 2 aliphatic heterocycles. The molecule has 0 N–H and O–H groups in total. The summed E-state index contributed by atoms with van der Waals surface area (Å²) in [5, 5.41) is 0. The second-order valence-corrected chi connectivity index (χ2v) is 7.55. The molecular formula is C24H24N2O3. The van der Waals surface area contributed by atoms with Crippen molar-refractivity contribution in [3.05, 3.63) is 78.1 Å². The summed E-state index contributed by atoms with van der Waals surface area (Å²) in [6, 6.07) is 18.0. The van der Waals surface area contributed by atoms with Crippen molar-refractivity contribution in [2.75, 3.05) is 19.8 Å². The number of rotatable bonds is 3. The molecule has 3 aromatic rings. The fourth-order valence-electron chi connectivity index (χ4n) is 4.19. The average Bonchev–Trinajstić information content (AvgIpc) is 3.42. The number of carbonyl (C=O) groups excluding carboxylic acids is 1. The first-order valence-corrected chi connectivity index (χ1v) is 10.2. The van der Waals surface area contributed by atoms with Gasteiger partial charge in [0.2, 0.25) is 0 Å². The molecule has 2 aromatic carbocycles. The minimum Gasteiger partial charge on any atom is -0.490 e. The van der Waals surface area contributed by atoms with Crippen LogP contribution in [0.2, 0.25) is 0 Å². The van der Waals surface area contributed by atoms with E-state index in [-0.39, 0.29) is 11.9 Å². The lowest BCUT2D eigenvalue weighted by Gasteiger charge is -2.26. The Kier molecular flexibility index (Phi) is 4.72. The highest BCUT2D eigenvalue weighted by Crippen LogP contribution is 2.38. The quantitative estimate of drug-likeness (QED) is 0.658. The van der Waals surface area contributed by atoms with Crippen LogP contribution in [0.3, 0.4) is 0 Å². The maximum atomic E-state index is 13.2. The van der Waals surface area contributed by atoms with Crippen molar-refractivity contribution in [3.63, 3.8) is 0 Å². The number of fused-ring (bicyclic) bond motifs is 1. The molecular weight excluding hydrogens is 364 g/mol. The van der Waals surface area contributed by atoms with Crippen LogP contribution < -0.4 is 9.47 Å². The molecule has 0 unspecified atom stereocenters. The normalized spacial score (nSPS) is 18.5. The Morgan fingerprint density at radius 2 is 1.66 bits per heavy atom. The summed E-state index contributed by atoms with van der Waals surface area (Å²) in [6.45, 7) is 2.12. The van der Waals surface area contributed by atoms with E-state index < -0.39 is 0 Å².